The highest BCUT2D eigenvalue weighted by atomic mass is 16.3. The highest BCUT2D eigenvalue weighted by molar-refractivity contribution is 5.44. The van der Waals surface area contributed by atoms with Gasteiger partial charge in [-0.25, -0.2) is 0 Å². The lowest BCUT2D eigenvalue weighted by Crippen LogP contribution is -2.33. The van der Waals surface area contributed by atoms with Gasteiger partial charge in [-0.15, -0.1) is 0 Å². The average Bonchev–Trinajstić information content (AvgIpc) is 2.56. The van der Waals surface area contributed by atoms with Crippen molar-refractivity contribution in [3.05, 3.63) is 23.8 Å². The molecule has 0 amide bonds. The van der Waals surface area contributed by atoms with E-state index in [4.69, 9.17) is 0 Å². The third-order valence-corrected chi connectivity index (χ3v) is 4.01. The van der Waals surface area contributed by atoms with Crippen LogP contribution in [0.2, 0.25) is 0 Å². The molecule has 0 aliphatic heterocycles. The van der Waals surface area contributed by atoms with Crippen molar-refractivity contribution >= 4 is 0 Å². The highest BCUT2D eigenvalue weighted by Crippen LogP contribution is 2.29. The van der Waals surface area contributed by atoms with Gasteiger partial charge >= 0.3 is 0 Å². The van der Waals surface area contributed by atoms with Gasteiger partial charge in [0.05, 0.1) is 0 Å². The SMILES string of the molecule is CC1CCCCCC1NCc1cccc(O)c1O. The topological polar surface area (TPSA) is 52.5 Å². The Kier molecular flexibility index (Phi) is 4.48. The molecule has 100 valence electrons. The van der Waals surface area contributed by atoms with Gasteiger partial charge in [0.1, 0.15) is 0 Å². The van der Waals surface area contributed by atoms with Crippen LogP contribution in [0.5, 0.6) is 11.5 Å². The normalized spacial score (nSPS) is 24.7. The van der Waals surface area contributed by atoms with Gasteiger partial charge in [0, 0.05) is 18.2 Å². The molecule has 1 aromatic rings. The molecule has 2 unspecified atom stereocenters. The van der Waals surface area contributed by atoms with Crippen LogP contribution in [0.4, 0.5) is 0 Å². The first-order valence-electron chi connectivity index (χ1n) is 6.91. The molecule has 0 saturated heterocycles. The molecule has 1 saturated carbocycles. The maximum absolute atomic E-state index is 9.76. The van der Waals surface area contributed by atoms with Crippen molar-refractivity contribution in [1.29, 1.82) is 0 Å². The molecule has 18 heavy (non-hydrogen) atoms. The molecule has 0 heterocycles. The monoisotopic (exact) mass is 249 g/mol. The third-order valence-electron chi connectivity index (χ3n) is 4.01. The van der Waals surface area contributed by atoms with E-state index in [0.29, 0.717) is 18.5 Å². The predicted octanol–water partition coefficient (Wildman–Crippen LogP) is 3.16. The van der Waals surface area contributed by atoms with E-state index in [9.17, 15) is 10.2 Å². The first-order chi connectivity index (χ1) is 8.68. The van der Waals surface area contributed by atoms with E-state index in [1.54, 1.807) is 6.07 Å². The molecule has 3 N–H and O–H groups in total. The van der Waals surface area contributed by atoms with Gasteiger partial charge in [0.25, 0.3) is 0 Å². The quantitative estimate of drug-likeness (QED) is 0.569. The maximum atomic E-state index is 9.76. The number of phenols is 2. The van der Waals surface area contributed by atoms with Gasteiger partial charge in [0.2, 0.25) is 0 Å². The molecule has 1 fully saturated rings. The number of para-hydroxylation sites is 1. The van der Waals surface area contributed by atoms with Crippen LogP contribution in [0.1, 0.15) is 44.6 Å². The summed E-state index contributed by atoms with van der Waals surface area (Å²) in [6, 6.07) is 5.65. The second kappa shape index (κ2) is 6.10. The predicted molar refractivity (Wildman–Crippen MR) is 72.6 cm³/mol. The van der Waals surface area contributed by atoms with Crippen molar-refractivity contribution in [2.45, 2.75) is 51.6 Å². The summed E-state index contributed by atoms with van der Waals surface area (Å²) >= 11 is 0. The number of hydrogen-bond donors (Lipinski definition) is 3. The van der Waals surface area contributed by atoms with Crippen LogP contribution in [0, 0.1) is 5.92 Å². The summed E-state index contributed by atoms with van der Waals surface area (Å²) in [5.41, 5.74) is 0.770. The van der Waals surface area contributed by atoms with Crippen LogP contribution in [0.25, 0.3) is 0 Å². The minimum atomic E-state index is -0.0387. The van der Waals surface area contributed by atoms with E-state index < -0.39 is 0 Å². The van der Waals surface area contributed by atoms with E-state index >= 15 is 0 Å². The summed E-state index contributed by atoms with van der Waals surface area (Å²) in [5.74, 6) is 0.654. The minimum Gasteiger partial charge on any atom is -0.504 e. The molecule has 2 rings (SSSR count). The fraction of sp³-hybridized carbons (Fsp3) is 0.600. The van der Waals surface area contributed by atoms with Crippen molar-refractivity contribution in [2.24, 2.45) is 5.92 Å². The Hall–Kier alpha value is -1.22. The summed E-state index contributed by atoms with van der Waals surface area (Å²) in [6.07, 6.45) is 6.44. The van der Waals surface area contributed by atoms with Crippen molar-refractivity contribution in [2.75, 3.05) is 0 Å². The average molecular weight is 249 g/mol. The Morgan fingerprint density at radius 1 is 1.17 bits per heavy atom. The fourth-order valence-electron chi connectivity index (χ4n) is 2.76. The van der Waals surface area contributed by atoms with E-state index in [1.165, 1.54) is 38.2 Å². The van der Waals surface area contributed by atoms with Crippen LogP contribution in [-0.4, -0.2) is 16.3 Å². The van der Waals surface area contributed by atoms with Gasteiger partial charge in [-0.05, 0) is 24.8 Å². The summed E-state index contributed by atoms with van der Waals surface area (Å²) in [6.45, 7) is 2.92. The Morgan fingerprint density at radius 3 is 2.78 bits per heavy atom. The van der Waals surface area contributed by atoms with Crippen LogP contribution in [0.15, 0.2) is 18.2 Å². The van der Waals surface area contributed by atoms with E-state index in [0.717, 1.165) is 5.56 Å². The zero-order chi connectivity index (χ0) is 13.0. The molecule has 0 aromatic heterocycles. The highest BCUT2D eigenvalue weighted by Gasteiger charge is 2.19. The molecule has 0 bridgehead atoms. The summed E-state index contributed by atoms with van der Waals surface area (Å²) in [4.78, 5) is 0. The Balaban J connectivity index is 1.95. The molecule has 3 heteroatoms. The Labute approximate surface area is 109 Å². The van der Waals surface area contributed by atoms with E-state index in [-0.39, 0.29) is 11.5 Å². The van der Waals surface area contributed by atoms with Gasteiger partial charge in [-0.1, -0.05) is 38.3 Å². The van der Waals surface area contributed by atoms with E-state index in [1.807, 2.05) is 6.07 Å². The van der Waals surface area contributed by atoms with Gasteiger partial charge in [-0.3, -0.25) is 0 Å². The Morgan fingerprint density at radius 2 is 1.94 bits per heavy atom. The standard InChI is InChI=1S/C15H23NO2/c1-11-6-3-2-4-8-13(11)16-10-12-7-5-9-14(17)15(12)18/h5,7,9,11,13,16-18H,2-4,6,8,10H2,1H3. The second-order valence-electron chi connectivity index (χ2n) is 5.39. The molecule has 1 aliphatic rings. The number of aromatic hydroxyl groups is 2. The number of phenolic OH excluding ortho intramolecular Hbond substituents is 2. The maximum Gasteiger partial charge on any atom is 0.161 e. The first-order valence-corrected chi connectivity index (χ1v) is 6.91. The lowest BCUT2D eigenvalue weighted by molar-refractivity contribution is 0.350. The van der Waals surface area contributed by atoms with Gasteiger partial charge in [-0.2, -0.15) is 0 Å². The van der Waals surface area contributed by atoms with E-state index in [2.05, 4.69) is 12.2 Å². The largest absolute Gasteiger partial charge is 0.504 e. The van der Waals surface area contributed by atoms with Gasteiger partial charge < -0.3 is 15.5 Å². The summed E-state index contributed by atoms with van der Waals surface area (Å²) in [5, 5.41) is 22.7. The lowest BCUT2D eigenvalue weighted by Gasteiger charge is -2.23. The number of benzene rings is 1. The molecule has 1 aliphatic carbocycles. The third kappa shape index (κ3) is 3.16. The number of rotatable bonds is 3. The minimum absolute atomic E-state index is 0.00581. The molecule has 0 radical (unpaired) electrons. The molecular weight excluding hydrogens is 226 g/mol. The zero-order valence-electron chi connectivity index (χ0n) is 11.0. The van der Waals surface area contributed by atoms with Crippen molar-refractivity contribution < 1.29 is 10.2 Å². The molecule has 2 atom stereocenters. The van der Waals surface area contributed by atoms with Crippen LogP contribution in [-0.2, 0) is 6.54 Å². The zero-order valence-corrected chi connectivity index (χ0v) is 11.0. The lowest BCUT2D eigenvalue weighted by atomic mass is 9.96. The fourth-order valence-corrected chi connectivity index (χ4v) is 2.76. The smallest absolute Gasteiger partial charge is 0.161 e. The van der Waals surface area contributed by atoms with Crippen molar-refractivity contribution in [1.82, 2.24) is 5.32 Å². The Bertz CT molecular complexity index is 392. The van der Waals surface area contributed by atoms with Gasteiger partial charge in [0.15, 0.2) is 11.5 Å². The molecular formula is C15H23NO2. The first kappa shape index (κ1) is 13.2. The molecule has 3 nitrogen and oxygen atoms in total. The molecule has 1 aromatic carbocycles. The van der Waals surface area contributed by atoms with Crippen LogP contribution in [0.3, 0.4) is 0 Å². The summed E-state index contributed by atoms with van der Waals surface area (Å²) in [7, 11) is 0. The summed E-state index contributed by atoms with van der Waals surface area (Å²) < 4.78 is 0. The van der Waals surface area contributed by atoms with Crippen molar-refractivity contribution in [3.63, 3.8) is 0 Å². The van der Waals surface area contributed by atoms with Crippen molar-refractivity contribution in [3.8, 4) is 11.5 Å². The van der Waals surface area contributed by atoms with Crippen LogP contribution >= 0.6 is 0 Å². The second-order valence-corrected chi connectivity index (χ2v) is 5.39. The number of nitrogens with one attached hydrogen (secondary N) is 1. The number of hydrogen-bond acceptors (Lipinski definition) is 3. The molecule has 0 spiro atoms. The van der Waals surface area contributed by atoms with Crippen LogP contribution < -0.4 is 5.32 Å².